The van der Waals surface area contributed by atoms with E-state index in [-0.39, 0.29) is 18.8 Å². The fourth-order valence-electron chi connectivity index (χ4n) is 2.04. The zero-order chi connectivity index (χ0) is 15.8. The van der Waals surface area contributed by atoms with Gasteiger partial charge in [0.2, 0.25) is 0 Å². The fourth-order valence-corrected chi connectivity index (χ4v) is 2.04. The van der Waals surface area contributed by atoms with Gasteiger partial charge in [0.05, 0.1) is 19.8 Å². The molecule has 1 aromatic carbocycles. The van der Waals surface area contributed by atoms with Crippen LogP contribution >= 0.6 is 0 Å². The molecule has 0 aromatic heterocycles. The first-order valence-corrected chi connectivity index (χ1v) is 7.38. The lowest BCUT2D eigenvalue weighted by atomic mass is 10.2. The lowest BCUT2D eigenvalue weighted by Crippen LogP contribution is -2.33. The Labute approximate surface area is 130 Å². The van der Waals surface area contributed by atoms with E-state index in [1.807, 2.05) is 19.1 Å². The maximum absolute atomic E-state index is 11.8. The molecule has 6 heteroatoms. The van der Waals surface area contributed by atoms with E-state index in [1.165, 1.54) is 0 Å². The number of esters is 1. The molecule has 1 aliphatic rings. The van der Waals surface area contributed by atoms with E-state index in [1.54, 1.807) is 19.2 Å². The molecule has 1 heterocycles. The first-order valence-electron chi connectivity index (χ1n) is 7.38. The van der Waals surface area contributed by atoms with Gasteiger partial charge in [-0.15, -0.1) is 0 Å². The average Bonchev–Trinajstić information content (AvgIpc) is 2.99. The van der Waals surface area contributed by atoms with Gasteiger partial charge in [0.15, 0.2) is 12.7 Å². The summed E-state index contributed by atoms with van der Waals surface area (Å²) in [7, 11) is 1.57. The Morgan fingerprint density at radius 3 is 2.41 bits per heavy atom. The Kier molecular flexibility index (Phi) is 6.48. The largest absolute Gasteiger partial charge is 0.494 e. The lowest BCUT2D eigenvalue weighted by molar-refractivity contribution is -0.155. The second-order valence-corrected chi connectivity index (χ2v) is 4.95. The maximum atomic E-state index is 11.8. The van der Waals surface area contributed by atoms with Gasteiger partial charge >= 0.3 is 5.97 Å². The van der Waals surface area contributed by atoms with E-state index >= 15 is 0 Å². The van der Waals surface area contributed by atoms with Crippen molar-refractivity contribution in [2.45, 2.75) is 25.6 Å². The minimum absolute atomic E-state index is 0.151. The van der Waals surface area contributed by atoms with Crippen LogP contribution in [0.4, 0.5) is 0 Å². The van der Waals surface area contributed by atoms with Gasteiger partial charge in [0.1, 0.15) is 17.6 Å². The quantitative estimate of drug-likeness (QED) is 0.682. The smallest absolute Gasteiger partial charge is 0.344 e. The summed E-state index contributed by atoms with van der Waals surface area (Å²) in [5.74, 6) is 0.929. The number of methoxy groups -OCH3 is 1. The predicted molar refractivity (Wildman–Crippen MR) is 79.2 cm³/mol. The van der Waals surface area contributed by atoms with Crippen molar-refractivity contribution >= 4 is 5.97 Å². The highest BCUT2D eigenvalue weighted by Crippen LogP contribution is 2.18. The van der Waals surface area contributed by atoms with Crippen molar-refractivity contribution in [1.29, 1.82) is 0 Å². The lowest BCUT2D eigenvalue weighted by Gasteiger charge is -2.16. The van der Waals surface area contributed by atoms with E-state index in [2.05, 4.69) is 0 Å². The van der Waals surface area contributed by atoms with Gasteiger partial charge in [-0.2, -0.15) is 0 Å². The molecule has 0 spiro atoms. The molecule has 122 valence electrons. The van der Waals surface area contributed by atoms with Crippen LogP contribution in [0.15, 0.2) is 24.3 Å². The van der Waals surface area contributed by atoms with Gasteiger partial charge in [-0.1, -0.05) is 6.92 Å². The Hall–Kier alpha value is -1.79. The summed E-state index contributed by atoms with van der Waals surface area (Å²) in [5, 5.41) is 0. The summed E-state index contributed by atoms with van der Waals surface area (Å²) in [4.78, 5) is 11.8. The number of carbonyl (C=O) groups excluding carboxylic acids is 1. The third-order valence-corrected chi connectivity index (χ3v) is 3.22. The van der Waals surface area contributed by atoms with Gasteiger partial charge in [-0.05, 0) is 30.7 Å². The van der Waals surface area contributed by atoms with Crippen LogP contribution in [0.2, 0.25) is 0 Å². The van der Waals surface area contributed by atoms with Crippen LogP contribution in [-0.2, 0) is 19.0 Å². The highest BCUT2D eigenvalue weighted by Gasteiger charge is 2.31. The summed E-state index contributed by atoms with van der Waals surface area (Å²) in [6.45, 7) is 3.37. The number of hydrogen-bond acceptors (Lipinski definition) is 6. The Balaban J connectivity index is 1.73. The number of ether oxygens (including phenoxy) is 5. The molecule has 6 nitrogen and oxygen atoms in total. The summed E-state index contributed by atoms with van der Waals surface area (Å²) >= 11 is 0. The summed E-state index contributed by atoms with van der Waals surface area (Å²) in [6, 6.07) is 7.13. The highest BCUT2D eigenvalue weighted by molar-refractivity contribution is 5.71. The Morgan fingerprint density at radius 2 is 1.77 bits per heavy atom. The van der Waals surface area contributed by atoms with Crippen molar-refractivity contribution < 1.29 is 28.5 Å². The molecule has 1 fully saturated rings. The molecule has 0 radical (unpaired) electrons. The topological polar surface area (TPSA) is 63.2 Å². The molecule has 0 amide bonds. The third-order valence-electron chi connectivity index (χ3n) is 3.22. The maximum Gasteiger partial charge on any atom is 0.344 e. The molecule has 22 heavy (non-hydrogen) atoms. The fraction of sp³-hybridized carbons (Fsp3) is 0.562. The standard InChI is InChI=1S/C16H22O6/c1-3-8-20-12-4-6-13(7-5-12)21-11-16(17)22-15-10-19-9-14(15)18-2/h4-7,14-15H,3,8-11H2,1-2H3/t14-,15+/m0/s1. The van der Waals surface area contributed by atoms with Crippen LogP contribution in [0.25, 0.3) is 0 Å². The van der Waals surface area contributed by atoms with Crippen molar-refractivity contribution in [3.05, 3.63) is 24.3 Å². The van der Waals surface area contributed by atoms with Crippen molar-refractivity contribution in [3.8, 4) is 11.5 Å². The molecule has 0 unspecified atom stereocenters. The minimum atomic E-state index is -0.441. The summed E-state index contributed by atoms with van der Waals surface area (Å²) in [6.07, 6.45) is 0.377. The Bertz CT molecular complexity index is 458. The van der Waals surface area contributed by atoms with E-state index in [0.29, 0.717) is 25.6 Å². The molecule has 0 aliphatic carbocycles. The van der Waals surface area contributed by atoms with E-state index in [4.69, 9.17) is 23.7 Å². The number of rotatable bonds is 8. The summed E-state index contributed by atoms with van der Waals surface area (Å²) < 4.78 is 26.5. The van der Waals surface area contributed by atoms with Crippen LogP contribution in [0.1, 0.15) is 13.3 Å². The van der Waals surface area contributed by atoms with Gasteiger partial charge in [0, 0.05) is 7.11 Å². The SMILES string of the molecule is CCCOc1ccc(OCC(=O)O[C@@H]2COC[C@@H]2OC)cc1. The van der Waals surface area contributed by atoms with Crippen LogP contribution < -0.4 is 9.47 Å². The zero-order valence-corrected chi connectivity index (χ0v) is 12.9. The molecule has 2 atom stereocenters. The van der Waals surface area contributed by atoms with Crippen LogP contribution in [0.3, 0.4) is 0 Å². The van der Waals surface area contributed by atoms with Crippen molar-refractivity contribution in [3.63, 3.8) is 0 Å². The van der Waals surface area contributed by atoms with Gasteiger partial charge in [-0.3, -0.25) is 0 Å². The zero-order valence-electron chi connectivity index (χ0n) is 12.9. The highest BCUT2D eigenvalue weighted by atomic mass is 16.6. The van der Waals surface area contributed by atoms with Gasteiger partial charge < -0.3 is 23.7 Å². The molecule has 0 saturated carbocycles. The van der Waals surface area contributed by atoms with Crippen molar-refractivity contribution in [1.82, 2.24) is 0 Å². The van der Waals surface area contributed by atoms with Crippen LogP contribution in [0, 0.1) is 0 Å². The molecule has 1 saturated heterocycles. The number of carbonyl (C=O) groups is 1. The number of benzene rings is 1. The molecule has 1 aromatic rings. The van der Waals surface area contributed by atoms with Crippen LogP contribution in [-0.4, -0.2) is 51.7 Å². The predicted octanol–water partition coefficient (Wildman–Crippen LogP) is 1.81. The van der Waals surface area contributed by atoms with Gasteiger partial charge in [-0.25, -0.2) is 4.79 Å². The second kappa shape index (κ2) is 8.60. The molecular weight excluding hydrogens is 288 g/mol. The molecular formula is C16H22O6. The first-order chi connectivity index (χ1) is 10.7. The van der Waals surface area contributed by atoms with E-state index in [9.17, 15) is 4.79 Å². The average molecular weight is 310 g/mol. The monoisotopic (exact) mass is 310 g/mol. The Morgan fingerprint density at radius 1 is 1.14 bits per heavy atom. The second-order valence-electron chi connectivity index (χ2n) is 4.95. The molecule has 1 aliphatic heterocycles. The third kappa shape index (κ3) is 4.89. The number of hydrogen-bond donors (Lipinski definition) is 0. The molecule has 0 N–H and O–H groups in total. The molecule has 2 rings (SSSR count). The minimum Gasteiger partial charge on any atom is -0.494 e. The van der Waals surface area contributed by atoms with Crippen LogP contribution in [0.5, 0.6) is 11.5 Å². The van der Waals surface area contributed by atoms with E-state index < -0.39 is 5.97 Å². The van der Waals surface area contributed by atoms with E-state index in [0.717, 1.165) is 12.2 Å². The van der Waals surface area contributed by atoms with Crippen molar-refractivity contribution in [2.24, 2.45) is 0 Å². The molecule has 0 bridgehead atoms. The normalized spacial score (nSPS) is 20.6. The van der Waals surface area contributed by atoms with Crippen molar-refractivity contribution in [2.75, 3.05) is 33.5 Å². The summed E-state index contributed by atoms with van der Waals surface area (Å²) in [5.41, 5.74) is 0. The first kappa shape index (κ1) is 16.6. The van der Waals surface area contributed by atoms with Gasteiger partial charge in [0.25, 0.3) is 0 Å².